The second-order valence-corrected chi connectivity index (χ2v) is 3.64. The fourth-order valence-electron chi connectivity index (χ4n) is 1.03. The molecule has 0 radical (unpaired) electrons. The summed E-state index contributed by atoms with van der Waals surface area (Å²) >= 11 is 0. The summed E-state index contributed by atoms with van der Waals surface area (Å²) in [6, 6.07) is -1.40. The Morgan fingerprint density at radius 2 is 1.94 bits per heavy atom. The molecule has 7 nitrogen and oxygen atoms in total. The maximum atomic E-state index is 11.3. The van der Waals surface area contributed by atoms with Crippen molar-refractivity contribution < 1.29 is 19.5 Å². The van der Waals surface area contributed by atoms with E-state index in [1.165, 1.54) is 0 Å². The molecule has 2 atom stereocenters. The minimum absolute atomic E-state index is 0.125. The number of carbonyl (C=O) groups is 3. The highest BCUT2D eigenvalue weighted by Crippen LogP contribution is 1.97. The molecule has 7 heteroatoms. The lowest BCUT2D eigenvalue weighted by atomic mass is 10.1. The van der Waals surface area contributed by atoms with E-state index >= 15 is 0 Å². The Morgan fingerprint density at radius 3 is 2.31 bits per heavy atom. The number of carbonyl (C=O) groups excluding carboxylic acids is 2. The van der Waals surface area contributed by atoms with Crippen molar-refractivity contribution in [2.45, 2.75) is 38.3 Å². The van der Waals surface area contributed by atoms with Gasteiger partial charge in [0.25, 0.3) is 0 Å². The fraction of sp³-hybridized carbons (Fsp3) is 0.667. The summed E-state index contributed by atoms with van der Waals surface area (Å²) in [7, 11) is 0. The lowest BCUT2D eigenvalue weighted by molar-refractivity contribution is -0.143. The molecule has 6 N–H and O–H groups in total. The fourth-order valence-corrected chi connectivity index (χ4v) is 1.03. The predicted octanol–water partition coefficient (Wildman–Crippen LogP) is -1.44. The second-order valence-electron chi connectivity index (χ2n) is 3.64. The van der Waals surface area contributed by atoms with E-state index in [-0.39, 0.29) is 12.5 Å². The van der Waals surface area contributed by atoms with E-state index in [1.807, 2.05) is 0 Å². The third kappa shape index (κ3) is 6.77. The summed E-state index contributed by atoms with van der Waals surface area (Å²) in [4.78, 5) is 32.5. The number of rotatable bonds is 7. The molecule has 0 heterocycles. The van der Waals surface area contributed by atoms with Crippen molar-refractivity contribution in [2.24, 2.45) is 11.5 Å². The first-order valence-electron chi connectivity index (χ1n) is 4.89. The van der Waals surface area contributed by atoms with E-state index in [1.54, 1.807) is 6.92 Å². The van der Waals surface area contributed by atoms with E-state index in [4.69, 9.17) is 16.6 Å². The summed E-state index contributed by atoms with van der Waals surface area (Å²) in [6.07, 6.45) is 0.161. The Kier molecular flexibility index (Phi) is 6.09. The van der Waals surface area contributed by atoms with Gasteiger partial charge in [-0.3, -0.25) is 9.59 Å². The van der Waals surface area contributed by atoms with Gasteiger partial charge in [-0.1, -0.05) is 0 Å². The average Bonchev–Trinajstić information content (AvgIpc) is 2.12. The first-order valence-corrected chi connectivity index (χ1v) is 4.89. The van der Waals surface area contributed by atoms with Gasteiger partial charge in [0, 0.05) is 12.5 Å². The molecule has 92 valence electrons. The number of hydrogen-bond acceptors (Lipinski definition) is 4. The molecule has 0 bridgehead atoms. The summed E-state index contributed by atoms with van der Waals surface area (Å²) < 4.78 is 0. The molecule has 2 amide bonds. The van der Waals surface area contributed by atoms with Gasteiger partial charge < -0.3 is 21.9 Å². The molecule has 0 rings (SSSR count). The molecule has 0 saturated heterocycles. The van der Waals surface area contributed by atoms with Crippen molar-refractivity contribution in [1.29, 1.82) is 0 Å². The van der Waals surface area contributed by atoms with Gasteiger partial charge in [0.2, 0.25) is 11.8 Å². The summed E-state index contributed by atoms with van der Waals surface area (Å²) in [6.45, 7) is 1.74. The summed E-state index contributed by atoms with van der Waals surface area (Å²) in [5.74, 6) is -2.52. The van der Waals surface area contributed by atoms with Crippen LogP contribution < -0.4 is 16.8 Å². The molecular weight excluding hydrogens is 214 g/mol. The number of aliphatic carboxylic acids is 1. The van der Waals surface area contributed by atoms with Crippen LogP contribution in [0.25, 0.3) is 0 Å². The van der Waals surface area contributed by atoms with Crippen molar-refractivity contribution in [3.05, 3.63) is 0 Å². The standard InChI is InChI=1S/C9H17N3O4/c1-5(10)2-3-8(14)12-6(9(15)16)4-7(11)13/h5-6H,2-4,10H2,1H3,(H2,11,13)(H,12,14)(H,15,16)/t5?,6-/m0/s1. The molecule has 1 unspecified atom stereocenters. The molecule has 0 saturated carbocycles. The Labute approximate surface area is 93.2 Å². The van der Waals surface area contributed by atoms with Gasteiger partial charge in [-0.25, -0.2) is 4.79 Å². The first-order chi connectivity index (χ1) is 7.32. The van der Waals surface area contributed by atoms with Crippen molar-refractivity contribution in [3.63, 3.8) is 0 Å². The van der Waals surface area contributed by atoms with Crippen molar-refractivity contribution in [2.75, 3.05) is 0 Å². The van der Waals surface area contributed by atoms with E-state index < -0.39 is 30.2 Å². The second kappa shape index (κ2) is 6.78. The van der Waals surface area contributed by atoms with E-state index in [2.05, 4.69) is 5.32 Å². The minimum atomic E-state index is -1.28. The third-order valence-corrected chi connectivity index (χ3v) is 1.87. The smallest absolute Gasteiger partial charge is 0.326 e. The summed E-state index contributed by atoms with van der Waals surface area (Å²) in [5.41, 5.74) is 10.3. The lowest BCUT2D eigenvalue weighted by Crippen LogP contribution is -2.43. The molecule has 0 aliphatic carbocycles. The van der Waals surface area contributed by atoms with Crippen molar-refractivity contribution >= 4 is 17.8 Å². The largest absolute Gasteiger partial charge is 0.480 e. The van der Waals surface area contributed by atoms with Gasteiger partial charge in [-0.05, 0) is 13.3 Å². The van der Waals surface area contributed by atoms with Gasteiger partial charge in [0.05, 0.1) is 6.42 Å². The van der Waals surface area contributed by atoms with Gasteiger partial charge in [-0.15, -0.1) is 0 Å². The molecule has 0 aromatic carbocycles. The maximum Gasteiger partial charge on any atom is 0.326 e. The van der Waals surface area contributed by atoms with Crippen LogP contribution in [0.5, 0.6) is 0 Å². The van der Waals surface area contributed by atoms with E-state index in [0.29, 0.717) is 6.42 Å². The van der Waals surface area contributed by atoms with Crippen LogP contribution >= 0.6 is 0 Å². The van der Waals surface area contributed by atoms with Gasteiger partial charge in [0.1, 0.15) is 6.04 Å². The molecular formula is C9H17N3O4. The Hall–Kier alpha value is -1.63. The Bertz CT molecular complexity index is 278. The number of carboxylic acids is 1. The van der Waals surface area contributed by atoms with Crippen LogP contribution in [0.15, 0.2) is 0 Å². The molecule has 0 aliphatic rings. The van der Waals surface area contributed by atoms with Gasteiger partial charge >= 0.3 is 5.97 Å². The zero-order valence-corrected chi connectivity index (χ0v) is 9.10. The van der Waals surface area contributed by atoms with Gasteiger partial charge in [0.15, 0.2) is 0 Å². The number of carboxylic acid groups (broad SMARTS) is 1. The van der Waals surface area contributed by atoms with E-state index in [9.17, 15) is 14.4 Å². The van der Waals surface area contributed by atoms with Crippen LogP contribution in [-0.2, 0) is 14.4 Å². The van der Waals surface area contributed by atoms with Crippen LogP contribution in [0.3, 0.4) is 0 Å². The highest BCUT2D eigenvalue weighted by molar-refractivity contribution is 5.88. The highest BCUT2D eigenvalue weighted by Gasteiger charge is 2.21. The summed E-state index contributed by atoms with van der Waals surface area (Å²) in [5, 5.41) is 10.9. The highest BCUT2D eigenvalue weighted by atomic mass is 16.4. The quantitative estimate of drug-likeness (QED) is 0.425. The normalized spacial score (nSPS) is 13.9. The zero-order valence-electron chi connectivity index (χ0n) is 9.10. The van der Waals surface area contributed by atoms with Gasteiger partial charge in [-0.2, -0.15) is 0 Å². The number of hydrogen-bond donors (Lipinski definition) is 4. The SMILES string of the molecule is CC(N)CCC(=O)N[C@@H](CC(N)=O)C(=O)O. The zero-order chi connectivity index (χ0) is 12.7. The van der Waals surface area contributed by atoms with Crippen LogP contribution in [0.1, 0.15) is 26.2 Å². The maximum absolute atomic E-state index is 11.3. The number of amides is 2. The molecule has 0 aromatic rings. The van der Waals surface area contributed by atoms with Crippen LogP contribution in [-0.4, -0.2) is 35.0 Å². The third-order valence-electron chi connectivity index (χ3n) is 1.87. The number of nitrogens with two attached hydrogens (primary N) is 2. The molecule has 0 spiro atoms. The van der Waals surface area contributed by atoms with Crippen LogP contribution in [0.2, 0.25) is 0 Å². The van der Waals surface area contributed by atoms with E-state index in [0.717, 1.165) is 0 Å². The topological polar surface area (TPSA) is 136 Å². The molecule has 0 aliphatic heterocycles. The Morgan fingerprint density at radius 1 is 1.38 bits per heavy atom. The average molecular weight is 231 g/mol. The van der Waals surface area contributed by atoms with Crippen molar-refractivity contribution in [1.82, 2.24) is 5.32 Å². The van der Waals surface area contributed by atoms with Crippen LogP contribution in [0.4, 0.5) is 0 Å². The lowest BCUT2D eigenvalue weighted by Gasteiger charge is -2.13. The Balaban J connectivity index is 4.13. The molecule has 16 heavy (non-hydrogen) atoms. The molecule has 0 aromatic heterocycles. The van der Waals surface area contributed by atoms with Crippen LogP contribution in [0, 0.1) is 0 Å². The predicted molar refractivity (Wildman–Crippen MR) is 56.3 cm³/mol. The number of primary amides is 1. The first kappa shape index (κ1) is 14.4. The number of nitrogens with one attached hydrogen (secondary N) is 1. The monoisotopic (exact) mass is 231 g/mol. The minimum Gasteiger partial charge on any atom is -0.480 e. The molecule has 0 fully saturated rings. The van der Waals surface area contributed by atoms with Crippen molar-refractivity contribution in [3.8, 4) is 0 Å².